The van der Waals surface area contributed by atoms with E-state index in [1.54, 1.807) is 11.8 Å². The van der Waals surface area contributed by atoms with Gasteiger partial charge < -0.3 is 5.32 Å². The van der Waals surface area contributed by atoms with Crippen molar-refractivity contribution in [3.8, 4) is 0 Å². The average Bonchev–Trinajstić information content (AvgIpc) is 3.16. The van der Waals surface area contributed by atoms with Gasteiger partial charge in [0, 0.05) is 35.2 Å². The van der Waals surface area contributed by atoms with Crippen molar-refractivity contribution in [3.63, 3.8) is 0 Å². The summed E-state index contributed by atoms with van der Waals surface area (Å²) in [5, 5.41) is 3.76. The summed E-state index contributed by atoms with van der Waals surface area (Å²) in [6.45, 7) is 4.04. The molecule has 0 aromatic heterocycles. The molecule has 1 aliphatic heterocycles. The topological polar surface area (TPSA) is 32.3 Å². The highest BCUT2D eigenvalue weighted by Crippen LogP contribution is 2.15. The summed E-state index contributed by atoms with van der Waals surface area (Å²) in [5.74, 6) is 1.82. The van der Waals surface area contributed by atoms with Crippen molar-refractivity contribution >= 4 is 29.3 Å². The third-order valence-electron chi connectivity index (χ3n) is 4.53. The van der Waals surface area contributed by atoms with Crippen molar-refractivity contribution in [1.29, 1.82) is 0 Å². The minimum absolute atomic E-state index is 0.00446. The Morgan fingerprint density at radius 1 is 1.00 bits per heavy atom. The van der Waals surface area contributed by atoms with Crippen LogP contribution in [0, 0.1) is 0 Å². The predicted octanol–water partition coefficient (Wildman–Crippen LogP) is 4.60. The number of carbonyl (C=O) groups excluding carboxylic acids is 1. The highest BCUT2D eigenvalue weighted by atomic mass is 35.5. The third kappa shape index (κ3) is 6.04. The molecule has 138 valence electrons. The number of halogens is 1. The van der Waals surface area contributed by atoms with Crippen molar-refractivity contribution in [2.75, 3.05) is 25.4 Å². The van der Waals surface area contributed by atoms with Crippen LogP contribution in [0.15, 0.2) is 48.5 Å². The van der Waals surface area contributed by atoms with Gasteiger partial charge in [-0.2, -0.15) is 11.8 Å². The van der Waals surface area contributed by atoms with Gasteiger partial charge in [0.05, 0.1) is 0 Å². The van der Waals surface area contributed by atoms with Gasteiger partial charge in [0.25, 0.3) is 5.91 Å². The molecule has 1 N–H and O–H groups in total. The molecular weight excluding hydrogens is 364 g/mol. The summed E-state index contributed by atoms with van der Waals surface area (Å²) in [7, 11) is 0. The van der Waals surface area contributed by atoms with E-state index in [0.717, 1.165) is 28.6 Å². The highest BCUT2D eigenvalue weighted by Gasteiger charge is 2.12. The van der Waals surface area contributed by atoms with Crippen molar-refractivity contribution in [2.24, 2.45) is 0 Å². The number of hydrogen-bond acceptors (Lipinski definition) is 3. The smallest absolute Gasteiger partial charge is 0.251 e. The van der Waals surface area contributed by atoms with Gasteiger partial charge in [0.1, 0.15) is 0 Å². The van der Waals surface area contributed by atoms with Crippen LogP contribution in [0.2, 0.25) is 5.02 Å². The molecule has 1 aliphatic rings. The van der Waals surface area contributed by atoms with Gasteiger partial charge in [-0.25, -0.2) is 0 Å². The second-order valence-corrected chi connectivity index (χ2v) is 8.16. The summed E-state index contributed by atoms with van der Waals surface area (Å²) in [5.41, 5.74) is 3.26. The van der Waals surface area contributed by atoms with Gasteiger partial charge in [0.2, 0.25) is 0 Å². The first-order valence-corrected chi connectivity index (χ1v) is 10.7. The lowest BCUT2D eigenvalue weighted by molar-refractivity contribution is 0.0956. The summed E-state index contributed by atoms with van der Waals surface area (Å²) in [6, 6.07) is 15.9. The molecule has 1 fully saturated rings. The lowest BCUT2D eigenvalue weighted by atomic mass is 10.1. The zero-order chi connectivity index (χ0) is 18.2. The summed E-state index contributed by atoms with van der Waals surface area (Å²) in [6.07, 6.45) is 2.60. The first kappa shape index (κ1) is 19.3. The maximum absolute atomic E-state index is 12.2. The first-order chi connectivity index (χ1) is 12.7. The monoisotopic (exact) mass is 388 g/mol. The maximum atomic E-state index is 12.2. The van der Waals surface area contributed by atoms with Gasteiger partial charge in [-0.15, -0.1) is 0 Å². The van der Waals surface area contributed by atoms with E-state index in [0.29, 0.717) is 6.54 Å². The number of likely N-dealkylation sites (tertiary alicyclic amines) is 1. The van der Waals surface area contributed by atoms with Crippen LogP contribution in [0.4, 0.5) is 0 Å². The first-order valence-electron chi connectivity index (χ1n) is 9.12. The molecule has 0 atom stereocenters. The van der Waals surface area contributed by atoms with Crippen molar-refractivity contribution in [1.82, 2.24) is 10.2 Å². The number of rotatable bonds is 8. The Morgan fingerprint density at radius 2 is 1.65 bits per heavy atom. The van der Waals surface area contributed by atoms with E-state index in [1.165, 1.54) is 37.1 Å². The molecule has 3 rings (SSSR count). The van der Waals surface area contributed by atoms with Crippen LogP contribution >= 0.6 is 23.4 Å². The molecule has 1 saturated heterocycles. The number of nitrogens with one attached hydrogen (secondary N) is 1. The molecule has 0 spiro atoms. The molecule has 5 heteroatoms. The third-order valence-corrected chi connectivity index (χ3v) is 5.82. The van der Waals surface area contributed by atoms with E-state index in [9.17, 15) is 4.79 Å². The minimum Gasteiger partial charge on any atom is -0.351 e. The zero-order valence-electron chi connectivity index (χ0n) is 14.9. The molecule has 0 bridgehead atoms. The molecule has 0 radical (unpaired) electrons. The van der Waals surface area contributed by atoms with Crippen LogP contribution in [-0.2, 0) is 12.3 Å². The molecule has 2 aromatic rings. The van der Waals surface area contributed by atoms with E-state index < -0.39 is 0 Å². The Bertz CT molecular complexity index is 697. The molecule has 1 heterocycles. The molecule has 26 heavy (non-hydrogen) atoms. The number of hydrogen-bond donors (Lipinski definition) is 1. The van der Waals surface area contributed by atoms with E-state index in [1.807, 2.05) is 36.4 Å². The number of carbonyl (C=O) groups is 1. The Labute approximate surface area is 165 Å². The molecule has 1 amide bonds. The number of amides is 1. The largest absolute Gasteiger partial charge is 0.351 e. The van der Waals surface area contributed by atoms with Gasteiger partial charge in [-0.05, 0) is 61.3 Å². The molecule has 0 saturated carbocycles. The Kier molecular flexibility index (Phi) is 7.42. The van der Waals surface area contributed by atoms with Crippen LogP contribution in [0.1, 0.15) is 34.3 Å². The zero-order valence-corrected chi connectivity index (χ0v) is 16.5. The van der Waals surface area contributed by atoms with E-state index >= 15 is 0 Å². The highest BCUT2D eigenvalue weighted by molar-refractivity contribution is 7.98. The fourth-order valence-electron chi connectivity index (χ4n) is 3.07. The van der Waals surface area contributed by atoms with Crippen LogP contribution in [0.5, 0.6) is 0 Å². The van der Waals surface area contributed by atoms with Gasteiger partial charge in [0.15, 0.2) is 0 Å². The summed E-state index contributed by atoms with van der Waals surface area (Å²) < 4.78 is 0. The van der Waals surface area contributed by atoms with E-state index in [-0.39, 0.29) is 5.91 Å². The standard InChI is InChI=1S/C21H25ClN2OS/c22-20-9-5-18(6-10-20)16-26-14-11-23-21(25)19-7-3-17(4-8-19)15-24-12-1-2-13-24/h3-10H,1-2,11-16H2,(H,23,25). The SMILES string of the molecule is O=C(NCCSCc1ccc(Cl)cc1)c1ccc(CN2CCCC2)cc1. The maximum Gasteiger partial charge on any atom is 0.251 e. The van der Waals surface area contributed by atoms with Crippen molar-refractivity contribution in [2.45, 2.75) is 25.1 Å². The van der Waals surface area contributed by atoms with Crippen molar-refractivity contribution < 1.29 is 4.79 Å². The summed E-state index contributed by atoms with van der Waals surface area (Å²) >= 11 is 7.69. The van der Waals surface area contributed by atoms with E-state index in [4.69, 9.17) is 11.6 Å². The molecular formula is C21H25ClN2OS. The predicted molar refractivity (Wildman–Crippen MR) is 111 cm³/mol. The van der Waals surface area contributed by atoms with Crippen LogP contribution in [0.25, 0.3) is 0 Å². The molecule has 0 aliphatic carbocycles. The Balaban J connectivity index is 1.35. The molecule has 3 nitrogen and oxygen atoms in total. The van der Waals surface area contributed by atoms with Crippen LogP contribution in [-0.4, -0.2) is 36.2 Å². The van der Waals surface area contributed by atoms with Crippen LogP contribution < -0.4 is 5.32 Å². The average molecular weight is 389 g/mol. The number of benzene rings is 2. The van der Waals surface area contributed by atoms with Gasteiger partial charge in [-0.3, -0.25) is 9.69 Å². The Morgan fingerprint density at radius 3 is 2.35 bits per heavy atom. The minimum atomic E-state index is 0.00446. The molecule has 0 unspecified atom stereocenters. The fourth-order valence-corrected chi connectivity index (χ4v) is 4.01. The number of nitrogens with zero attached hydrogens (tertiary/aromatic N) is 1. The lowest BCUT2D eigenvalue weighted by Crippen LogP contribution is -2.25. The van der Waals surface area contributed by atoms with E-state index in [2.05, 4.69) is 22.3 Å². The number of thioether (sulfide) groups is 1. The Hall–Kier alpha value is -1.49. The van der Waals surface area contributed by atoms with Crippen molar-refractivity contribution in [3.05, 3.63) is 70.2 Å². The van der Waals surface area contributed by atoms with Crippen LogP contribution in [0.3, 0.4) is 0 Å². The van der Waals surface area contributed by atoms with Gasteiger partial charge in [-0.1, -0.05) is 35.9 Å². The van der Waals surface area contributed by atoms with Gasteiger partial charge >= 0.3 is 0 Å². The second kappa shape index (κ2) is 10.0. The summed E-state index contributed by atoms with van der Waals surface area (Å²) in [4.78, 5) is 14.7. The normalized spacial score (nSPS) is 14.5. The molecule has 2 aromatic carbocycles. The quantitative estimate of drug-likeness (QED) is 0.671. The second-order valence-electron chi connectivity index (χ2n) is 6.62. The lowest BCUT2D eigenvalue weighted by Gasteiger charge is -2.14. The fraction of sp³-hybridized carbons (Fsp3) is 0.381.